The Hall–Kier alpha value is -3.91. The minimum absolute atomic E-state index is 0.487. The molecule has 0 spiro atoms. The Morgan fingerprint density at radius 1 is 0.656 bits per heavy atom. The van der Waals surface area contributed by atoms with Gasteiger partial charge in [-0.2, -0.15) is 0 Å². The SMILES string of the molecule is CC(C)c1ccc2ccc3c4ccnc5c4c(cc3c2c1)Oc1cc2ccccc2cc1-5. The standard InChI is InChI=1S/C30H21NO/c1-17(2)19-8-7-18-9-10-22-23-11-12-31-30-26-14-20-5-3-4-6-21(20)15-27(26)32-28(29(23)30)16-25(22)24(18)13-19/h3-17H,1-2H3. The quantitative estimate of drug-likeness (QED) is 0.252. The van der Waals surface area contributed by atoms with E-state index in [0.717, 1.165) is 28.1 Å². The van der Waals surface area contributed by atoms with Crippen LogP contribution in [0.2, 0.25) is 0 Å². The first-order valence-electron chi connectivity index (χ1n) is 11.2. The van der Waals surface area contributed by atoms with E-state index < -0.39 is 0 Å². The Labute approximate surface area is 186 Å². The summed E-state index contributed by atoms with van der Waals surface area (Å²) in [5.41, 5.74) is 3.42. The number of rotatable bonds is 1. The number of nitrogens with zero attached hydrogens (tertiary/aromatic N) is 1. The predicted octanol–water partition coefficient (Wildman–Crippen LogP) is 8.59. The first kappa shape index (κ1) is 17.7. The Kier molecular flexibility index (Phi) is 3.49. The predicted molar refractivity (Wildman–Crippen MR) is 134 cm³/mol. The van der Waals surface area contributed by atoms with E-state index in [1.807, 2.05) is 6.20 Å². The maximum Gasteiger partial charge on any atom is 0.138 e. The third kappa shape index (κ3) is 2.38. The van der Waals surface area contributed by atoms with E-state index >= 15 is 0 Å². The zero-order valence-electron chi connectivity index (χ0n) is 18.0. The van der Waals surface area contributed by atoms with Crippen LogP contribution in [0, 0.1) is 0 Å². The number of hydrogen-bond donors (Lipinski definition) is 0. The molecule has 0 radical (unpaired) electrons. The van der Waals surface area contributed by atoms with Crippen LogP contribution < -0.4 is 4.74 Å². The first-order chi connectivity index (χ1) is 15.7. The molecule has 7 rings (SSSR count). The lowest BCUT2D eigenvalue weighted by Crippen LogP contribution is -2.00. The molecule has 1 aromatic heterocycles. The topological polar surface area (TPSA) is 22.1 Å². The molecule has 2 heterocycles. The molecule has 0 atom stereocenters. The maximum atomic E-state index is 6.55. The molecule has 152 valence electrons. The van der Waals surface area contributed by atoms with Gasteiger partial charge < -0.3 is 4.74 Å². The van der Waals surface area contributed by atoms with Gasteiger partial charge in [-0.3, -0.25) is 4.98 Å². The van der Waals surface area contributed by atoms with Crippen LogP contribution in [0.25, 0.3) is 54.3 Å². The van der Waals surface area contributed by atoms with Crippen LogP contribution in [0.4, 0.5) is 0 Å². The van der Waals surface area contributed by atoms with Crippen LogP contribution in [0.3, 0.4) is 0 Å². The fraction of sp³-hybridized carbons (Fsp3) is 0.100. The minimum Gasteiger partial charge on any atom is -0.456 e. The summed E-state index contributed by atoms with van der Waals surface area (Å²) in [6.07, 6.45) is 1.93. The third-order valence-electron chi connectivity index (χ3n) is 6.84. The molecule has 6 aromatic rings. The van der Waals surface area contributed by atoms with Gasteiger partial charge in [0.25, 0.3) is 0 Å². The Morgan fingerprint density at radius 3 is 2.31 bits per heavy atom. The second-order valence-electron chi connectivity index (χ2n) is 9.05. The van der Waals surface area contributed by atoms with Crippen molar-refractivity contribution in [3.63, 3.8) is 0 Å². The molecular formula is C30H21NO. The highest BCUT2D eigenvalue weighted by Crippen LogP contribution is 2.49. The number of pyridine rings is 1. The van der Waals surface area contributed by atoms with Crippen LogP contribution in [-0.4, -0.2) is 4.98 Å². The molecule has 0 fully saturated rings. The van der Waals surface area contributed by atoms with Crippen molar-refractivity contribution in [2.45, 2.75) is 19.8 Å². The summed E-state index contributed by atoms with van der Waals surface area (Å²) in [4.78, 5) is 4.81. The summed E-state index contributed by atoms with van der Waals surface area (Å²) < 4.78 is 6.55. The lowest BCUT2D eigenvalue weighted by molar-refractivity contribution is 0.488. The highest BCUT2D eigenvalue weighted by atomic mass is 16.5. The molecule has 5 aromatic carbocycles. The first-order valence-corrected chi connectivity index (χ1v) is 11.2. The lowest BCUT2D eigenvalue weighted by Gasteiger charge is -2.22. The van der Waals surface area contributed by atoms with Crippen molar-refractivity contribution in [2.24, 2.45) is 0 Å². The summed E-state index contributed by atoms with van der Waals surface area (Å²) in [5.74, 6) is 2.25. The van der Waals surface area contributed by atoms with Gasteiger partial charge in [-0.05, 0) is 73.5 Å². The zero-order valence-corrected chi connectivity index (χ0v) is 18.0. The molecule has 0 N–H and O–H groups in total. The average molecular weight is 412 g/mol. The van der Waals surface area contributed by atoms with E-state index in [1.165, 1.54) is 43.3 Å². The summed E-state index contributed by atoms with van der Waals surface area (Å²) in [7, 11) is 0. The van der Waals surface area contributed by atoms with Gasteiger partial charge in [0, 0.05) is 11.8 Å². The van der Waals surface area contributed by atoms with Crippen molar-refractivity contribution in [2.75, 3.05) is 0 Å². The molecule has 0 amide bonds. The molecule has 1 aliphatic heterocycles. The lowest BCUT2D eigenvalue weighted by atomic mass is 9.91. The number of hydrogen-bond acceptors (Lipinski definition) is 2. The van der Waals surface area contributed by atoms with Gasteiger partial charge in [0.05, 0.1) is 11.1 Å². The molecule has 1 aliphatic rings. The van der Waals surface area contributed by atoms with Crippen LogP contribution in [0.1, 0.15) is 25.3 Å². The zero-order chi connectivity index (χ0) is 21.4. The molecular weight excluding hydrogens is 390 g/mol. The van der Waals surface area contributed by atoms with Crippen LogP contribution in [0.5, 0.6) is 11.5 Å². The fourth-order valence-electron chi connectivity index (χ4n) is 5.14. The van der Waals surface area contributed by atoms with Crippen molar-refractivity contribution in [3.05, 3.63) is 90.6 Å². The van der Waals surface area contributed by atoms with E-state index in [9.17, 15) is 0 Å². The summed E-state index contributed by atoms with van der Waals surface area (Å²) in [6, 6.07) is 28.4. The minimum atomic E-state index is 0.487. The van der Waals surface area contributed by atoms with Crippen molar-refractivity contribution in [3.8, 4) is 22.8 Å². The number of ether oxygens (including phenoxy) is 1. The van der Waals surface area contributed by atoms with Gasteiger partial charge in [0.1, 0.15) is 11.5 Å². The van der Waals surface area contributed by atoms with Crippen molar-refractivity contribution < 1.29 is 4.74 Å². The normalized spacial score (nSPS) is 12.6. The van der Waals surface area contributed by atoms with Gasteiger partial charge in [-0.25, -0.2) is 0 Å². The highest BCUT2D eigenvalue weighted by molar-refractivity contribution is 6.22. The van der Waals surface area contributed by atoms with E-state index in [4.69, 9.17) is 9.72 Å². The van der Waals surface area contributed by atoms with Gasteiger partial charge >= 0.3 is 0 Å². The van der Waals surface area contributed by atoms with Crippen molar-refractivity contribution in [1.29, 1.82) is 0 Å². The van der Waals surface area contributed by atoms with Gasteiger partial charge in [0.15, 0.2) is 0 Å². The second-order valence-corrected chi connectivity index (χ2v) is 9.05. The molecule has 0 unspecified atom stereocenters. The number of aromatic nitrogens is 1. The van der Waals surface area contributed by atoms with Crippen LogP contribution in [0.15, 0.2) is 85.1 Å². The van der Waals surface area contributed by atoms with Gasteiger partial charge in [0.2, 0.25) is 0 Å². The monoisotopic (exact) mass is 411 g/mol. The Morgan fingerprint density at radius 2 is 1.47 bits per heavy atom. The largest absolute Gasteiger partial charge is 0.456 e. The number of benzene rings is 5. The molecule has 32 heavy (non-hydrogen) atoms. The van der Waals surface area contributed by atoms with E-state index in [-0.39, 0.29) is 0 Å². The highest BCUT2D eigenvalue weighted by Gasteiger charge is 2.23. The smallest absolute Gasteiger partial charge is 0.138 e. The van der Waals surface area contributed by atoms with Crippen molar-refractivity contribution in [1.82, 2.24) is 4.98 Å². The molecule has 0 aliphatic carbocycles. The van der Waals surface area contributed by atoms with E-state index in [2.05, 4.69) is 92.7 Å². The fourth-order valence-corrected chi connectivity index (χ4v) is 5.14. The summed E-state index contributed by atoms with van der Waals surface area (Å²) >= 11 is 0. The molecule has 0 saturated carbocycles. The molecule has 0 saturated heterocycles. The average Bonchev–Trinajstić information content (AvgIpc) is 2.82. The van der Waals surface area contributed by atoms with Gasteiger partial charge in [-0.1, -0.05) is 68.4 Å². The van der Waals surface area contributed by atoms with Crippen LogP contribution in [-0.2, 0) is 0 Å². The second kappa shape index (κ2) is 6.30. The van der Waals surface area contributed by atoms with E-state index in [1.54, 1.807) is 0 Å². The molecule has 2 heteroatoms. The Balaban J connectivity index is 1.61. The Bertz CT molecular complexity index is 1730. The third-order valence-corrected chi connectivity index (χ3v) is 6.84. The maximum absolute atomic E-state index is 6.55. The summed E-state index contributed by atoms with van der Waals surface area (Å²) in [6.45, 7) is 4.49. The summed E-state index contributed by atoms with van der Waals surface area (Å²) in [5, 5.41) is 9.67. The molecule has 0 bridgehead atoms. The number of fused-ring (bicyclic) bond motifs is 7. The van der Waals surface area contributed by atoms with Crippen molar-refractivity contribution >= 4 is 43.1 Å². The van der Waals surface area contributed by atoms with E-state index in [0.29, 0.717) is 5.92 Å². The molecule has 2 nitrogen and oxygen atoms in total. The van der Waals surface area contributed by atoms with Gasteiger partial charge in [-0.15, -0.1) is 0 Å². The van der Waals surface area contributed by atoms with Crippen LogP contribution >= 0.6 is 0 Å².